The van der Waals surface area contributed by atoms with Crippen molar-refractivity contribution >= 4 is 5.91 Å². The van der Waals surface area contributed by atoms with Gasteiger partial charge in [-0.25, -0.2) is 0 Å². The van der Waals surface area contributed by atoms with Crippen LogP contribution in [-0.2, 0) is 11.2 Å². The zero-order valence-corrected chi connectivity index (χ0v) is 15.1. The number of aromatic nitrogens is 2. The Bertz CT molecular complexity index is 748. The lowest BCUT2D eigenvalue weighted by Gasteiger charge is -2.33. The highest BCUT2D eigenvalue weighted by atomic mass is 16.3. The molecule has 0 bridgehead atoms. The number of furan rings is 1. The molecule has 3 atom stereocenters. The SMILES string of the molecule is Cc1cnn([C@@H]2CCCN(C(=O)CCc3ccc([C@H]4C[C@@H]4C)o3)C2)c1. The molecule has 1 amide bonds. The van der Waals surface area contributed by atoms with E-state index in [1.807, 2.05) is 21.8 Å². The van der Waals surface area contributed by atoms with Crippen molar-refractivity contribution in [2.45, 2.75) is 57.9 Å². The predicted molar refractivity (Wildman–Crippen MR) is 95.4 cm³/mol. The van der Waals surface area contributed by atoms with Gasteiger partial charge in [-0.2, -0.15) is 5.10 Å². The molecule has 0 radical (unpaired) electrons. The molecule has 5 nitrogen and oxygen atoms in total. The molecule has 1 saturated carbocycles. The van der Waals surface area contributed by atoms with Crippen molar-refractivity contribution in [3.8, 4) is 0 Å². The third-order valence-corrected chi connectivity index (χ3v) is 5.60. The molecule has 25 heavy (non-hydrogen) atoms. The van der Waals surface area contributed by atoms with Gasteiger partial charge in [-0.1, -0.05) is 6.92 Å². The second-order valence-corrected chi connectivity index (χ2v) is 7.76. The molecule has 0 aromatic carbocycles. The predicted octanol–water partition coefficient (Wildman–Crippen LogP) is 3.70. The maximum absolute atomic E-state index is 12.6. The molecule has 3 heterocycles. The van der Waals surface area contributed by atoms with Crippen LogP contribution < -0.4 is 0 Å². The topological polar surface area (TPSA) is 51.3 Å². The van der Waals surface area contributed by atoms with E-state index in [0.29, 0.717) is 24.8 Å². The largest absolute Gasteiger partial charge is 0.466 e. The van der Waals surface area contributed by atoms with Gasteiger partial charge in [-0.15, -0.1) is 0 Å². The summed E-state index contributed by atoms with van der Waals surface area (Å²) in [5, 5.41) is 4.42. The third-order valence-electron chi connectivity index (χ3n) is 5.60. The van der Waals surface area contributed by atoms with Gasteiger partial charge in [0.15, 0.2) is 0 Å². The molecule has 2 fully saturated rings. The smallest absolute Gasteiger partial charge is 0.223 e. The second kappa shape index (κ2) is 6.70. The van der Waals surface area contributed by atoms with E-state index < -0.39 is 0 Å². The van der Waals surface area contributed by atoms with Crippen LogP contribution in [0.2, 0.25) is 0 Å². The van der Waals surface area contributed by atoms with Gasteiger partial charge in [0.05, 0.1) is 12.2 Å². The number of likely N-dealkylation sites (tertiary alicyclic amines) is 1. The molecule has 5 heteroatoms. The van der Waals surface area contributed by atoms with Crippen LogP contribution in [-0.4, -0.2) is 33.7 Å². The Balaban J connectivity index is 1.30. The summed E-state index contributed by atoms with van der Waals surface area (Å²) in [4.78, 5) is 14.6. The van der Waals surface area contributed by atoms with Crippen LogP contribution in [0.4, 0.5) is 0 Å². The Morgan fingerprint density at radius 2 is 2.24 bits per heavy atom. The van der Waals surface area contributed by atoms with Crippen LogP contribution in [0.5, 0.6) is 0 Å². The molecule has 1 aliphatic carbocycles. The van der Waals surface area contributed by atoms with Gasteiger partial charge in [0.1, 0.15) is 11.5 Å². The molecule has 1 saturated heterocycles. The van der Waals surface area contributed by atoms with E-state index >= 15 is 0 Å². The Kier molecular flexibility index (Phi) is 4.40. The van der Waals surface area contributed by atoms with E-state index in [2.05, 4.69) is 31.2 Å². The number of rotatable bonds is 5. The number of piperidine rings is 1. The van der Waals surface area contributed by atoms with E-state index in [4.69, 9.17) is 4.42 Å². The zero-order valence-electron chi connectivity index (χ0n) is 15.1. The molecule has 0 N–H and O–H groups in total. The van der Waals surface area contributed by atoms with Gasteiger partial charge in [0.25, 0.3) is 0 Å². The van der Waals surface area contributed by atoms with Gasteiger partial charge < -0.3 is 9.32 Å². The first-order valence-electron chi connectivity index (χ1n) is 9.47. The molecule has 0 unspecified atom stereocenters. The highest BCUT2D eigenvalue weighted by Crippen LogP contribution is 2.47. The van der Waals surface area contributed by atoms with Crippen LogP contribution in [0.1, 0.15) is 61.7 Å². The summed E-state index contributed by atoms with van der Waals surface area (Å²) in [5.74, 6) is 3.62. The van der Waals surface area contributed by atoms with E-state index in [9.17, 15) is 4.79 Å². The summed E-state index contributed by atoms with van der Waals surface area (Å²) in [6, 6.07) is 4.43. The monoisotopic (exact) mass is 341 g/mol. The van der Waals surface area contributed by atoms with Gasteiger partial charge in [-0.05, 0) is 49.8 Å². The molecule has 134 valence electrons. The average molecular weight is 341 g/mol. The highest BCUT2D eigenvalue weighted by Gasteiger charge is 2.36. The van der Waals surface area contributed by atoms with Crippen LogP contribution in [0.15, 0.2) is 28.9 Å². The number of hydrogen-bond acceptors (Lipinski definition) is 3. The van der Waals surface area contributed by atoms with Crippen molar-refractivity contribution in [2.75, 3.05) is 13.1 Å². The normalized spacial score (nSPS) is 26.0. The molecule has 1 aliphatic heterocycles. The number of hydrogen-bond donors (Lipinski definition) is 0. The van der Waals surface area contributed by atoms with Crippen molar-refractivity contribution in [3.05, 3.63) is 41.6 Å². The van der Waals surface area contributed by atoms with Crippen LogP contribution in [0, 0.1) is 12.8 Å². The van der Waals surface area contributed by atoms with E-state index in [0.717, 1.165) is 43.4 Å². The van der Waals surface area contributed by atoms with Crippen LogP contribution >= 0.6 is 0 Å². The Morgan fingerprint density at radius 1 is 1.40 bits per heavy atom. The highest BCUT2D eigenvalue weighted by molar-refractivity contribution is 5.76. The van der Waals surface area contributed by atoms with E-state index in [-0.39, 0.29) is 5.91 Å². The summed E-state index contributed by atoms with van der Waals surface area (Å²) < 4.78 is 7.94. The number of aryl methyl sites for hydroxylation is 2. The zero-order chi connectivity index (χ0) is 17.4. The van der Waals surface area contributed by atoms with Gasteiger partial charge in [-0.3, -0.25) is 9.48 Å². The Hall–Kier alpha value is -2.04. The summed E-state index contributed by atoms with van der Waals surface area (Å²) in [5.41, 5.74) is 1.17. The minimum absolute atomic E-state index is 0.228. The maximum atomic E-state index is 12.6. The fourth-order valence-electron chi connectivity index (χ4n) is 3.86. The molecule has 0 spiro atoms. The van der Waals surface area contributed by atoms with Crippen molar-refractivity contribution in [1.29, 1.82) is 0 Å². The second-order valence-electron chi connectivity index (χ2n) is 7.76. The van der Waals surface area contributed by atoms with Crippen LogP contribution in [0.25, 0.3) is 0 Å². The summed E-state index contributed by atoms with van der Waals surface area (Å²) >= 11 is 0. The number of amides is 1. The summed E-state index contributed by atoms with van der Waals surface area (Å²) in [6.07, 6.45) is 8.54. The third kappa shape index (κ3) is 3.65. The van der Waals surface area contributed by atoms with E-state index in [1.54, 1.807) is 0 Å². The fraction of sp³-hybridized carbons (Fsp3) is 0.600. The minimum atomic E-state index is 0.228. The van der Waals surface area contributed by atoms with Crippen LogP contribution in [0.3, 0.4) is 0 Å². The Labute approximate surface area is 149 Å². The molecular weight excluding hydrogens is 314 g/mol. The lowest BCUT2D eigenvalue weighted by molar-refractivity contribution is -0.132. The van der Waals surface area contributed by atoms with Crippen molar-refractivity contribution in [3.63, 3.8) is 0 Å². The molecule has 2 aromatic heterocycles. The first-order valence-corrected chi connectivity index (χ1v) is 9.47. The fourth-order valence-corrected chi connectivity index (χ4v) is 3.86. The van der Waals surface area contributed by atoms with Gasteiger partial charge in [0.2, 0.25) is 5.91 Å². The summed E-state index contributed by atoms with van der Waals surface area (Å²) in [6.45, 7) is 5.93. The molecule has 2 aromatic rings. The molecular formula is C20H27N3O2. The summed E-state index contributed by atoms with van der Waals surface area (Å²) in [7, 11) is 0. The molecule has 4 rings (SSSR count). The van der Waals surface area contributed by atoms with Crippen molar-refractivity contribution in [2.24, 2.45) is 5.92 Å². The average Bonchev–Trinajstić information content (AvgIpc) is 3.02. The van der Waals surface area contributed by atoms with Gasteiger partial charge in [0, 0.05) is 38.0 Å². The number of carbonyl (C=O) groups excluding carboxylic acids is 1. The lowest BCUT2D eigenvalue weighted by Crippen LogP contribution is -2.40. The molecule has 2 aliphatic rings. The van der Waals surface area contributed by atoms with E-state index in [1.165, 1.54) is 12.0 Å². The van der Waals surface area contributed by atoms with Crippen molar-refractivity contribution in [1.82, 2.24) is 14.7 Å². The quantitative estimate of drug-likeness (QED) is 0.833. The number of carbonyl (C=O) groups is 1. The maximum Gasteiger partial charge on any atom is 0.223 e. The standard InChI is InChI=1S/C20H27N3O2/c1-14-11-21-23(12-14)16-4-3-9-22(13-16)20(24)8-6-17-5-7-19(25-17)18-10-15(18)2/h5,7,11-12,15-16,18H,3-4,6,8-10,13H2,1-2H3/t15-,16+,18-/m0/s1. The van der Waals surface area contributed by atoms with Crippen molar-refractivity contribution < 1.29 is 9.21 Å². The number of nitrogens with zero attached hydrogens (tertiary/aromatic N) is 3. The first-order chi connectivity index (χ1) is 12.1. The first kappa shape index (κ1) is 16.4. The minimum Gasteiger partial charge on any atom is -0.466 e. The lowest BCUT2D eigenvalue weighted by atomic mass is 10.1. The Morgan fingerprint density at radius 3 is 2.96 bits per heavy atom. The van der Waals surface area contributed by atoms with Gasteiger partial charge >= 0.3 is 0 Å².